The smallest absolute Gasteiger partial charge is 0.317 e. The fraction of sp³-hybridized carbons (Fsp3) is 0.619. The number of nitrogens with one attached hydrogen (secondary N) is 1. The predicted octanol–water partition coefficient (Wildman–Crippen LogP) is 2.43. The second-order valence-corrected chi connectivity index (χ2v) is 7.57. The predicted molar refractivity (Wildman–Crippen MR) is 105 cm³/mol. The van der Waals surface area contributed by atoms with Crippen LogP contribution in [0.25, 0.3) is 0 Å². The molecule has 148 valence electrons. The number of amides is 3. The molecule has 3 amide bonds. The van der Waals surface area contributed by atoms with E-state index in [9.17, 15) is 9.59 Å². The van der Waals surface area contributed by atoms with Gasteiger partial charge in [-0.3, -0.25) is 4.79 Å². The maximum absolute atomic E-state index is 12.6. The van der Waals surface area contributed by atoms with Crippen LogP contribution in [0.15, 0.2) is 30.3 Å². The lowest BCUT2D eigenvalue weighted by atomic mass is 9.84. The van der Waals surface area contributed by atoms with Gasteiger partial charge in [0.1, 0.15) is 0 Å². The zero-order chi connectivity index (χ0) is 19.1. The molecule has 2 heterocycles. The van der Waals surface area contributed by atoms with Crippen LogP contribution in [-0.4, -0.2) is 66.7 Å². The number of carbonyl (C=O) groups excluding carboxylic acids is 2. The average molecular weight is 373 g/mol. The molecular formula is C21H31N3O3. The van der Waals surface area contributed by atoms with Crippen molar-refractivity contribution in [1.82, 2.24) is 15.1 Å². The van der Waals surface area contributed by atoms with E-state index in [1.807, 2.05) is 28.0 Å². The molecule has 1 aromatic rings. The Labute approximate surface area is 161 Å². The number of aryl methyl sites for hydroxylation is 1. The Hall–Kier alpha value is -2.08. The minimum absolute atomic E-state index is 0.0179. The van der Waals surface area contributed by atoms with Gasteiger partial charge in [0.15, 0.2) is 0 Å². The van der Waals surface area contributed by atoms with Crippen LogP contribution in [0.4, 0.5) is 4.79 Å². The van der Waals surface area contributed by atoms with E-state index in [4.69, 9.17) is 4.74 Å². The van der Waals surface area contributed by atoms with Crippen molar-refractivity contribution in [3.05, 3.63) is 35.9 Å². The molecular weight excluding hydrogens is 342 g/mol. The van der Waals surface area contributed by atoms with E-state index < -0.39 is 0 Å². The number of hydrogen-bond acceptors (Lipinski definition) is 3. The standard InChI is InChI=1S/C21H31N3O3/c1-18(25)24-15-14-23(13-9-21(24)10-16-27-17-11-21)20(26)22-12-5-8-19-6-3-2-4-7-19/h2-4,6-7H,5,8-17H2,1H3,(H,22,26). The zero-order valence-corrected chi connectivity index (χ0v) is 16.3. The molecule has 6 heteroatoms. The van der Waals surface area contributed by atoms with Gasteiger partial charge in [0.25, 0.3) is 0 Å². The number of rotatable bonds is 4. The highest BCUT2D eigenvalue weighted by Crippen LogP contribution is 2.33. The first-order valence-corrected chi connectivity index (χ1v) is 10.0. The molecule has 6 nitrogen and oxygen atoms in total. The van der Waals surface area contributed by atoms with E-state index in [-0.39, 0.29) is 17.5 Å². The molecule has 0 radical (unpaired) electrons. The third kappa shape index (κ3) is 5.01. The maximum Gasteiger partial charge on any atom is 0.317 e. The molecule has 2 aliphatic heterocycles. The molecule has 1 N–H and O–H groups in total. The summed E-state index contributed by atoms with van der Waals surface area (Å²) < 4.78 is 5.51. The Kier molecular flexibility index (Phi) is 6.72. The molecule has 27 heavy (non-hydrogen) atoms. The number of urea groups is 1. The van der Waals surface area contributed by atoms with Crippen molar-refractivity contribution in [2.24, 2.45) is 0 Å². The number of nitrogens with zero attached hydrogens (tertiary/aromatic N) is 2. The molecule has 0 unspecified atom stereocenters. The first kappa shape index (κ1) is 19.7. The molecule has 0 saturated carbocycles. The minimum Gasteiger partial charge on any atom is -0.381 e. The quantitative estimate of drug-likeness (QED) is 0.825. The molecule has 0 aromatic heterocycles. The van der Waals surface area contributed by atoms with Crippen LogP contribution in [-0.2, 0) is 16.0 Å². The number of ether oxygens (including phenoxy) is 1. The molecule has 3 rings (SSSR count). The summed E-state index contributed by atoms with van der Waals surface area (Å²) in [6.45, 7) is 5.56. The SMILES string of the molecule is CC(=O)N1CCN(C(=O)NCCCc2ccccc2)CCC12CCOCC2. The van der Waals surface area contributed by atoms with Crippen molar-refractivity contribution in [2.45, 2.75) is 44.6 Å². The summed E-state index contributed by atoms with van der Waals surface area (Å²) in [6, 6.07) is 10.3. The summed E-state index contributed by atoms with van der Waals surface area (Å²) in [5, 5.41) is 3.04. The first-order valence-electron chi connectivity index (χ1n) is 10.0. The third-order valence-electron chi connectivity index (χ3n) is 5.87. The van der Waals surface area contributed by atoms with Gasteiger partial charge in [-0.25, -0.2) is 4.79 Å². The van der Waals surface area contributed by atoms with Crippen LogP contribution in [0.1, 0.15) is 38.2 Å². The summed E-state index contributed by atoms with van der Waals surface area (Å²) in [6.07, 6.45) is 4.43. The van der Waals surface area contributed by atoms with Crippen LogP contribution in [0.2, 0.25) is 0 Å². The van der Waals surface area contributed by atoms with Gasteiger partial charge in [-0.1, -0.05) is 30.3 Å². The lowest BCUT2D eigenvalue weighted by Crippen LogP contribution is -2.54. The van der Waals surface area contributed by atoms with Gasteiger partial charge < -0.3 is 19.9 Å². The average Bonchev–Trinajstić information content (AvgIpc) is 2.86. The van der Waals surface area contributed by atoms with Gasteiger partial charge in [0, 0.05) is 51.9 Å². The van der Waals surface area contributed by atoms with Crippen LogP contribution >= 0.6 is 0 Å². The normalized spacial score (nSPS) is 19.6. The van der Waals surface area contributed by atoms with E-state index in [0.29, 0.717) is 39.4 Å². The lowest BCUT2D eigenvalue weighted by Gasteiger charge is -2.44. The fourth-order valence-electron chi connectivity index (χ4n) is 4.26. The Balaban J connectivity index is 1.50. The van der Waals surface area contributed by atoms with Gasteiger partial charge in [-0.2, -0.15) is 0 Å². The number of benzene rings is 1. The van der Waals surface area contributed by atoms with E-state index in [0.717, 1.165) is 32.1 Å². The zero-order valence-electron chi connectivity index (χ0n) is 16.3. The highest BCUT2D eigenvalue weighted by molar-refractivity contribution is 5.76. The Morgan fingerprint density at radius 1 is 1.07 bits per heavy atom. The van der Waals surface area contributed by atoms with Gasteiger partial charge in [0.2, 0.25) is 5.91 Å². The molecule has 1 aromatic carbocycles. The summed E-state index contributed by atoms with van der Waals surface area (Å²) >= 11 is 0. The van der Waals surface area contributed by atoms with Crippen LogP contribution < -0.4 is 5.32 Å². The Bertz CT molecular complexity index is 629. The molecule has 0 atom stereocenters. The van der Waals surface area contributed by atoms with Crippen molar-refractivity contribution in [2.75, 3.05) is 39.4 Å². The monoisotopic (exact) mass is 373 g/mol. The number of hydrogen-bond donors (Lipinski definition) is 1. The topological polar surface area (TPSA) is 61.9 Å². The van der Waals surface area contributed by atoms with Crippen molar-refractivity contribution >= 4 is 11.9 Å². The summed E-state index contributed by atoms with van der Waals surface area (Å²) in [5.74, 6) is 0.0991. The Morgan fingerprint density at radius 3 is 2.52 bits per heavy atom. The molecule has 2 saturated heterocycles. The van der Waals surface area contributed by atoms with E-state index >= 15 is 0 Å². The van der Waals surface area contributed by atoms with Crippen molar-refractivity contribution in [3.8, 4) is 0 Å². The summed E-state index contributed by atoms with van der Waals surface area (Å²) in [4.78, 5) is 28.7. The second kappa shape index (κ2) is 9.22. The van der Waals surface area contributed by atoms with E-state index in [2.05, 4.69) is 17.4 Å². The Morgan fingerprint density at radius 2 is 1.81 bits per heavy atom. The highest BCUT2D eigenvalue weighted by Gasteiger charge is 2.42. The largest absolute Gasteiger partial charge is 0.381 e. The van der Waals surface area contributed by atoms with Crippen LogP contribution in [0.3, 0.4) is 0 Å². The van der Waals surface area contributed by atoms with Gasteiger partial charge in [-0.15, -0.1) is 0 Å². The summed E-state index contributed by atoms with van der Waals surface area (Å²) in [5.41, 5.74) is 1.15. The summed E-state index contributed by atoms with van der Waals surface area (Å²) in [7, 11) is 0. The van der Waals surface area contributed by atoms with Crippen LogP contribution in [0, 0.1) is 0 Å². The van der Waals surface area contributed by atoms with E-state index in [1.54, 1.807) is 6.92 Å². The second-order valence-electron chi connectivity index (χ2n) is 7.57. The third-order valence-corrected chi connectivity index (χ3v) is 5.87. The fourth-order valence-corrected chi connectivity index (χ4v) is 4.26. The molecule has 1 spiro atoms. The van der Waals surface area contributed by atoms with Gasteiger partial charge >= 0.3 is 6.03 Å². The highest BCUT2D eigenvalue weighted by atomic mass is 16.5. The minimum atomic E-state index is -0.146. The van der Waals surface area contributed by atoms with E-state index in [1.165, 1.54) is 5.56 Å². The van der Waals surface area contributed by atoms with Gasteiger partial charge in [-0.05, 0) is 37.7 Å². The molecule has 0 bridgehead atoms. The molecule has 2 aliphatic rings. The number of carbonyl (C=O) groups is 2. The first-order chi connectivity index (χ1) is 13.1. The molecule has 2 fully saturated rings. The van der Waals surface area contributed by atoms with Gasteiger partial charge in [0.05, 0.1) is 0 Å². The van der Waals surface area contributed by atoms with Crippen molar-refractivity contribution < 1.29 is 14.3 Å². The van der Waals surface area contributed by atoms with Crippen molar-refractivity contribution in [3.63, 3.8) is 0 Å². The molecule has 0 aliphatic carbocycles. The van der Waals surface area contributed by atoms with Crippen molar-refractivity contribution in [1.29, 1.82) is 0 Å². The lowest BCUT2D eigenvalue weighted by molar-refractivity contribution is -0.139. The maximum atomic E-state index is 12.6. The van der Waals surface area contributed by atoms with Crippen LogP contribution in [0.5, 0.6) is 0 Å².